The summed E-state index contributed by atoms with van der Waals surface area (Å²) in [4.78, 5) is 29.9. The maximum Gasteiger partial charge on any atom is 0.338 e. The van der Waals surface area contributed by atoms with E-state index >= 15 is 0 Å². The summed E-state index contributed by atoms with van der Waals surface area (Å²) < 4.78 is 11.1. The van der Waals surface area contributed by atoms with Crippen LogP contribution in [0.25, 0.3) is 0 Å². The highest BCUT2D eigenvalue weighted by Crippen LogP contribution is 2.37. The Kier molecular flexibility index (Phi) is 8.33. The molecular formula is C24H27N3O4S. The molecule has 1 amide bonds. The van der Waals surface area contributed by atoms with Crippen LogP contribution in [0, 0.1) is 0 Å². The van der Waals surface area contributed by atoms with Crippen LogP contribution in [0.3, 0.4) is 0 Å². The van der Waals surface area contributed by atoms with E-state index < -0.39 is 12.0 Å². The molecule has 0 spiro atoms. The molecule has 0 aliphatic carbocycles. The third kappa shape index (κ3) is 5.91. The molecule has 0 saturated heterocycles. The fourth-order valence-corrected chi connectivity index (χ4v) is 4.01. The topological polar surface area (TPSA) is 89.0 Å². The zero-order valence-corrected chi connectivity index (χ0v) is 19.2. The zero-order valence-electron chi connectivity index (χ0n) is 18.4. The third-order valence-corrected chi connectivity index (χ3v) is 5.51. The molecule has 1 atom stereocenters. The number of thioether (sulfide) groups is 1. The van der Waals surface area contributed by atoms with E-state index in [1.54, 1.807) is 6.92 Å². The summed E-state index contributed by atoms with van der Waals surface area (Å²) in [6, 6.07) is 16.2. The number of rotatable bonds is 8. The third-order valence-electron chi connectivity index (χ3n) is 4.62. The summed E-state index contributed by atoms with van der Waals surface area (Å²) >= 11 is 1.27. The van der Waals surface area contributed by atoms with Gasteiger partial charge in [-0.1, -0.05) is 48.2 Å². The number of hydrogen-bond donors (Lipinski definition) is 2. The van der Waals surface area contributed by atoms with Gasteiger partial charge in [-0.15, -0.1) is 0 Å². The first-order valence-corrected chi connectivity index (χ1v) is 11.4. The Hall–Kier alpha value is -3.26. The molecule has 0 aromatic heterocycles. The fourth-order valence-electron chi connectivity index (χ4n) is 3.26. The summed E-state index contributed by atoms with van der Waals surface area (Å²) in [5.74, 6) is 0.257. The Morgan fingerprint density at radius 1 is 1.06 bits per heavy atom. The second kappa shape index (κ2) is 11.4. The first kappa shape index (κ1) is 23.4. The van der Waals surface area contributed by atoms with Crippen molar-refractivity contribution in [1.29, 1.82) is 0 Å². The Bertz CT molecular complexity index is 1020. The first-order valence-electron chi connectivity index (χ1n) is 10.5. The van der Waals surface area contributed by atoms with Gasteiger partial charge in [-0.2, -0.15) is 0 Å². The number of allylic oxidation sites excluding steroid dienone is 1. The number of amidine groups is 1. The van der Waals surface area contributed by atoms with Gasteiger partial charge in [-0.05, 0) is 39.0 Å². The number of carbonyl (C=O) groups excluding carboxylic acids is 2. The quantitative estimate of drug-likeness (QED) is 0.580. The Morgan fingerprint density at radius 2 is 1.78 bits per heavy atom. The number of aliphatic imine (C=N–C) groups is 1. The Balaban J connectivity index is 1.83. The minimum absolute atomic E-state index is 0.144. The highest BCUT2D eigenvalue weighted by Gasteiger charge is 2.32. The van der Waals surface area contributed by atoms with E-state index in [1.807, 2.05) is 68.4 Å². The molecule has 3 rings (SSSR count). The van der Waals surface area contributed by atoms with Crippen molar-refractivity contribution in [3.8, 4) is 5.75 Å². The number of nitrogens with zero attached hydrogens (tertiary/aromatic N) is 1. The van der Waals surface area contributed by atoms with E-state index in [0.717, 1.165) is 11.3 Å². The normalized spacial score (nSPS) is 15.5. The smallest absolute Gasteiger partial charge is 0.338 e. The summed E-state index contributed by atoms with van der Waals surface area (Å²) in [6.45, 7) is 6.23. The molecule has 0 saturated carbocycles. The molecule has 0 unspecified atom stereocenters. The number of benzene rings is 2. The first-order chi connectivity index (χ1) is 15.5. The lowest BCUT2D eigenvalue weighted by molar-refractivity contribution is -0.139. The standard InChI is InChI=1S/C24H27N3O4S/c1-4-30-19-14-10-9-13-18(19)22-21(23(29)31-5-2)16(3)25-24(27-22)32-15-20(28)26-17-11-7-6-8-12-17/h6-14,22H,4-5,15H2,1-3H3,(H,25,27)(H,26,28)/t22-/m0/s1. The number of amides is 1. The molecule has 0 fully saturated rings. The van der Waals surface area contributed by atoms with Gasteiger partial charge in [-0.3, -0.25) is 4.79 Å². The van der Waals surface area contributed by atoms with Crippen molar-refractivity contribution in [2.75, 3.05) is 24.3 Å². The van der Waals surface area contributed by atoms with Crippen molar-refractivity contribution < 1.29 is 19.1 Å². The lowest BCUT2D eigenvalue weighted by atomic mass is 9.96. The van der Waals surface area contributed by atoms with E-state index in [2.05, 4.69) is 10.6 Å². The second-order valence-electron chi connectivity index (χ2n) is 6.89. The average Bonchev–Trinajstić information content (AvgIpc) is 2.79. The molecular weight excluding hydrogens is 426 g/mol. The summed E-state index contributed by atoms with van der Waals surface area (Å²) in [6.07, 6.45) is 0. The van der Waals surface area contributed by atoms with Gasteiger partial charge in [0.1, 0.15) is 11.8 Å². The van der Waals surface area contributed by atoms with Crippen molar-refractivity contribution in [1.82, 2.24) is 5.32 Å². The summed E-state index contributed by atoms with van der Waals surface area (Å²) in [7, 11) is 0. The number of ether oxygens (including phenoxy) is 2. The van der Waals surface area contributed by atoms with E-state index in [4.69, 9.17) is 14.5 Å². The summed E-state index contributed by atoms with van der Waals surface area (Å²) in [5, 5.41) is 6.55. The molecule has 0 bridgehead atoms. The van der Waals surface area contributed by atoms with Crippen LogP contribution in [0.5, 0.6) is 5.75 Å². The molecule has 1 heterocycles. The van der Waals surface area contributed by atoms with Gasteiger partial charge in [0, 0.05) is 16.9 Å². The Labute approximate surface area is 192 Å². The lowest BCUT2D eigenvalue weighted by Gasteiger charge is -2.26. The molecule has 2 aromatic carbocycles. The van der Waals surface area contributed by atoms with Crippen molar-refractivity contribution in [3.05, 3.63) is 71.4 Å². The molecule has 2 N–H and O–H groups in total. The van der Waals surface area contributed by atoms with Gasteiger partial charge in [-0.25, -0.2) is 9.79 Å². The molecule has 1 aliphatic heterocycles. The summed E-state index contributed by atoms with van der Waals surface area (Å²) in [5.41, 5.74) is 2.57. The van der Waals surface area contributed by atoms with Gasteiger partial charge in [0.2, 0.25) is 5.91 Å². The zero-order chi connectivity index (χ0) is 22.9. The van der Waals surface area contributed by atoms with Gasteiger partial charge in [0.15, 0.2) is 5.17 Å². The minimum atomic E-state index is -0.599. The number of nitrogens with one attached hydrogen (secondary N) is 2. The lowest BCUT2D eigenvalue weighted by Crippen LogP contribution is -2.31. The van der Waals surface area contributed by atoms with Crippen molar-refractivity contribution in [2.24, 2.45) is 4.99 Å². The van der Waals surface area contributed by atoms with Crippen molar-refractivity contribution in [2.45, 2.75) is 26.8 Å². The number of anilines is 1. The molecule has 0 radical (unpaired) electrons. The van der Waals surface area contributed by atoms with Gasteiger partial charge < -0.3 is 20.1 Å². The van der Waals surface area contributed by atoms with Gasteiger partial charge >= 0.3 is 5.97 Å². The van der Waals surface area contributed by atoms with Gasteiger partial charge in [0.05, 0.1) is 24.5 Å². The predicted molar refractivity (Wildman–Crippen MR) is 128 cm³/mol. The second-order valence-corrected chi connectivity index (χ2v) is 7.86. The van der Waals surface area contributed by atoms with Crippen LogP contribution in [-0.4, -0.2) is 36.0 Å². The van der Waals surface area contributed by atoms with Crippen LogP contribution in [-0.2, 0) is 14.3 Å². The van der Waals surface area contributed by atoms with E-state index in [0.29, 0.717) is 28.8 Å². The van der Waals surface area contributed by atoms with Gasteiger partial charge in [0.25, 0.3) is 0 Å². The molecule has 7 nitrogen and oxygen atoms in total. The average molecular weight is 454 g/mol. The molecule has 168 valence electrons. The predicted octanol–water partition coefficient (Wildman–Crippen LogP) is 4.29. The van der Waals surface area contributed by atoms with E-state index in [9.17, 15) is 9.59 Å². The highest BCUT2D eigenvalue weighted by molar-refractivity contribution is 8.14. The maximum atomic E-state index is 12.7. The van der Waals surface area contributed by atoms with Crippen LogP contribution in [0.4, 0.5) is 5.69 Å². The number of carbonyl (C=O) groups is 2. The van der Waals surface area contributed by atoms with Crippen LogP contribution >= 0.6 is 11.8 Å². The fraction of sp³-hybridized carbons (Fsp3) is 0.292. The molecule has 8 heteroatoms. The van der Waals surface area contributed by atoms with Crippen LogP contribution in [0.15, 0.2) is 70.9 Å². The molecule has 2 aromatic rings. The minimum Gasteiger partial charge on any atom is -0.494 e. The molecule has 1 aliphatic rings. The number of hydrogen-bond acceptors (Lipinski definition) is 7. The van der Waals surface area contributed by atoms with E-state index in [1.165, 1.54) is 11.8 Å². The number of para-hydroxylation sites is 2. The van der Waals surface area contributed by atoms with Crippen LogP contribution in [0.1, 0.15) is 32.4 Å². The SMILES string of the molecule is CCOC(=O)C1=C(C)NC(SCC(=O)Nc2ccccc2)=N[C@H]1c1ccccc1OCC. The van der Waals surface area contributed by atoms with Crippen molar-refractivity contribution >= 4 is 34.5 Å². The highest BCUT2D eigenvalue weighted by atomic mass is 32.2. The van der Waals surface area contributed by atoms with Crippen molar-refractivity contribution in [3.63, 3.8) is 0 Å². The monoisotopic (exact) mass is 453 g/mol. The van der Waals surface area contributed by atoms with Crippen LogP contribution < -0.4 is 15.4 Å². The number of esters is 1. The molecule has 32 heavy (non-hydrogen) atoms. The van der Waals surface area contributed by atoms with Crippen LogP contribution in [0.2, 0.25) is 0 Å². The van der Waals surface area contributed by atoms with E-state index in [-0.39, 0.29) is 18.3 Å². The largest absolute Gasteiger partial charge is 0.494 e. The maximum absolute atomic E-state index is 12.7. The Morgan fingerprint density at radius 3 is 2.50 bits per heavy atom.